The minimum atomic E-state index is -0.473. The number of nitrogen functional groups attached to an aromatic ring is 1. The third kappa shape index (κ3) is 3.62. The van der Waals surface area contributed by atoms with Gasteiger partial charge in [0.2, 0.25) is 0 Å². The Morgan fingerprint density at radius 3 is 2.56 bits per heavy atom. The van der Waals surface area contributed by atoms with Gasteiger partial charge in [-0.3, -0.25) is 10.1 Å². The van der Waals surface area contributed by atoms with Gasteiger partial charge in [-0.2, -0.15) is 0 Å². The van der Waals surface area contributed by atoms with Gasteiger partial charge in [-0.15, -0.1) is 0 Å². The maximum absolute atomic E-state index is 11.2. The normalized spacial score (nSPS) is 10.2. The first-order chi connectivity index (χ1) is 11.9. The highest BCUT2D eigenvalue weighted by Crippen LogP contribution is 2.31. The van der Waals surface area contributed by atoms with E-state index in [1.165, 1.54) is 12.1 Å². The summed E-state index contributed by atoms with van der Waals surface area (Å²) >= 11 is 5.85. The average molecular weight is 353 g/mol. The van der Waals surface area contributed by atoms with Crippen LogP contribution in [0.3, 0.4) is 0 Å². The number of hydrogen-bond donors (Lipinski definition) is 1. The highest BCUT2D eigenvalue weighted by Gasteiger charge is 2.16. The van der Waals surface area contributed by atoms with Gasteiger partial charge in [0, 0.05) is 41.5 Å². The van der Waals surface area contributed by atoms with Crippen molar-refractivity contribution in [2.24, 2.45) is 7.05 Å². The summed E-state index contributed by atoms with van der Waals surface area (Å²) < 4.78 is 1.74. The van der Waals surface area contributed by atoms with E-state index in [1.54, 1.807) is 41.4 Å². The van der Waals surface area contributed by atoms with Crippen molar-refractivity contribution in [1.29, 1.82) is 0 Å². The van der Waals surface area contributed by atoms with Gasteiger partial charge in [0.15, 0.2) is 0 Å². The molecule has 0 atom stereocenters. The fraction of sp³-hybridized carbons (Fsp3) is 0.0556. The van der Waals surface area contributed by atoms with Gasteiger partial charge in [-0.1, -0.05) is 23.4 Å². The van der Waals surface area contributed by atoms with Crippen molar-refractivity contribution in [2.75, 3.05) is 5.73 Å². The standard InChI is InChI=1S/C18H13ClN4O2/c1-22-10-17(21-11-22)16-9-15(23(24)25)8-13(18(16)20)5-2-12-3-6-14(19)7-4-12/h3-4,6-11H,20H2,1H3. The van der Waals surface area contributed by atoms with Crippen LogP contribution in [0.2, 0.25) is 5.02 Å². The van der Waals surface area contributed by atoms with Crippen LogP contribution in [0.4, 0.5) is 11.4 Å². The number of imidazole rings is 1. The predicted molar refractivity (Wildman–Crippen MR) is 97.1 cm³/mol. The molecule has 0 saturated carbocycles. The molecule has 7 heteroatoms. The van der Waals surface area contributed by atoms with Crippen LogP contribution in [-0.4, -0.2) is 14.5 Å². The lowest BCUT2D eigenvalue weighted by molar-refractivity contribution is -0.384. The molecule has 1 aromatic heterocycles. The second kappa shape index (κ2) is 6.67. The average Bonchev–Trinajstić information content (AvgIpc) is 3.01. The predicted octanol–water partition coefficient (Wildman–Crippen LogP) is 3.63. The second-order valence-electron chi connectivity index (χ2n) is 5.39. The van der Waals surface area contributed by atoms with Gasteiger partial charge < -0.3 is 10.3 Å². The quantitative estimate of drug-likeness (QED) is 0.330. The van der Waals surface area contributed by atoms with Gasteiger partial charge in [0.05, 0.1) is 28.2 Å². The zero-order valence-electron chi connectivity index (χ0n) is 13.2. The van der Waals surface area contributed by atoms with Crippen LogP contribution in [0.15, 0.2) is 48.9 Å². The molecule has 0 spiro atoms. The number of anilines is 1. The van der Waals surface area contributed by atoms with E-state index in [0.717, 1.165) is 5.56 Å². The number of hydrogen-bond acceptors (Lipinski definition) is 4. The number of halogens is 1. The fourth-order valence-corrected chi connectivity index (χ4v) is 2.41. The number of nitrogens with two attached hydrogens (primary N) is 1. The number of rotatable bonds is 2. The zero-order valence-corrected chi connectivity index (χ0v) is 14.0. The van der Waals surface area contributed by atoms with E-state index in [4.69, 9.17) is 17.3 Å². The molecule has 6 nitrogen and oxygen atoms in total. The maximum atomic E-state index is 11.2. The summed E-state index contributed by atoms with van der Waals surface area (Å²) in [5.41, 5.74) is 8.60. The van der Waals surface area contributed by atoms with Crippen LogP contribution in [-0.2, 0) is 7.05 Å². The molecule has 0 aliphatic carbocycles. The van der Waals surface area contributed by atoms with Gasteiger partial charge in [-0.05, 0) is 24.3 Å². The molecule has 1 heterocycles. The summed E-state index contributed by atoms with van der Waals surface area (Å²) in [5.74, 6) is 5.85. The molecular formula is C18H13ClN4O2. The van der Waals surface area contributed by atoms with Crippen LogP contribution in [0.1, 0.15) is 11.1 Å². The van der Waals surface area contributed by atoms with Gasteiger partial charge >= 0.3 is 0 Å². The lowest BCUT2D eigenvalue weighted by Crippen LogP contribution is -1.98. The maximum Gasteiger partial charge on any atom is 0.271 e. The molecule has 2 aromatic carbocycles. The molecule has 0 aliphatic rings. The van der Waals surface area contributed by atoms with E-state index < -0.39 is 4.92 Å². The van der Waals surface area contributed by atoms with Crippen molar-refractivity contribution in [1.82, 2.24) is 9.55 Å². The third-order valence-electron chi connectivity index (χ3n) is 3.54. The van der Waals surface area contributed by atoms with Crippen molar-refractivity contribution in [2.45, 2.75) is 0 Å². The molecule has 0 aliphatic heterocycles. The summed E-state index contributed by atoms with van der Waals surface area (Å²) in [4.78, 5) is 15.0. The topological polar surface area (TPSA) is 87.0 Å². The van der Waals surface area contributed by atoms with Crippen LogP contribution in [0.25, 0.3) is 11.3 Å². The monoisotopic (exact) mass is 352 g/mol. The molecule has 2 N–H and O–H groups in total. The number of aryl methyl sites for hydroxylation is 1. The number of nitrogens with zero attached hydrogens (tertiary/aromatic N) is 3. The van der Waals surface area contributed by atoms with Crippen molar-refractivity contribution < 1.29 is 4.92 Å². The first-order valence-electron chi connectivity index (χ1n) is 7.28. The van der Waals surface area contributed by atoms with E-state index in [0.29, 0.717) is 27.5 Å². The molecule has 0 unspecified atom stereocenters. The third-order valence-corrected chi connectivity index (χ3v) is 3.79. The van der Waals surface area contributed by atoms with Crippen LogP contribution in [0.5, 0.6) is 0 Å². The number of nitro benzene ring substituents is 1. The van der Waals surface area contributed by atoms with Crippen LogP contribution in [0, 0.1) is 22.0 Å². The lowest BCUT2D eigenvalue weighted by Gasteiger charge is -2.05. The van der Waals surface area contributed by atoms with E-state index in [-0.39, 0.29) is 5.69 Å². The minimum Gasteiger partial charge on any atom is -0.397 e. The molecule has 0 radical (unpaired) electrons. The van der Waals surface area contributed by atoms with E-state index in [2.05, 4.69) is 16.8 Å². The highest BCUT2D eigenvalue weighted by molar-refractivity contribution is 6.30. The Hall–Kier alpha value is -3.30. The Balaban J connectivity index is 2.11. The van der Waals surface area contributed by atoms with Crippen molar-refractivity contribution in [3.05, 3.63) is 75.2 Å². The summed E-state index contributed by atoms with van der Waals surface area (Å²) in [6.45, 7) is 0. The molecule has 3 rings (SSSR count). The summed E-state index contributed by atoms with van der Waals surface area (Å²) in [6, 6.07) is 9.75. The van der Waals surface area contributed by atoms with Gasteiger partial charge in [-0.25, -0.2) is 4.98 Å². The molecule has 3 aromatic rings. The number of nitro groups is 1. The molecule has 0 amide bonds. The lowest BCUT2D eigenvalue weighted by atomic mass is 10.0. The van der Waals surface area contributed by atoms with E-state index in [9.17, 15) is 10.1 Å². The molecule has 0 bridgehead atoms. The molecule has 25 heavy (non-hydrogen) atoms. The van der Waals surface area contributed by atoms with Crippen molar-refractivity contribution >= 4 is 23.0 Å². The molecule has 0 fully saturated rings. The fourth-order valence-electron chi connectivity index (χ4n) is 2.28. The Labute approximate surface area is 149 Å². The molecular weight excluding hydrogens is 340 g/mol. The number of benzene rings is 2. The summed E-state index contributed by atoms with van der Waals surface area (Å²) in [6.07, 6.45) is 3.35. The minimum absolute atomic E-state index is 0.0877. The summed E-state index contributed by atoms with van der Waals surface area (Å²) in [5, 5.41) is 11.9. The van der Waals surface area contributed by atoms with Crippen LogP contribution < -0.4 is 5.73 Å². The highest BCUT2D eigenvalue weighted by atomic mass is 35.5. The summed E-state index contributed by atoms with van der Waals surface area (Å²) in [7, 11) is 1.81. The Bertz CT molecular complexity index is 1010. The van der Waals surface area contributed by atoms with Gasteiger partial charge in [0.25, 0.3) is 5.69 Å². The molecule has 124 valence electrons. The van der Waals surface area contributed by atoms with E-state index in [1.807, 2.05) is 7.05 Å². The smallest absolute Gasteiger partial charge is 0.271 e. The Morgan fingerprint density at radius 1 is 1.24 bits per heavy atom. The SMILES string of the molecule is Cn1cnc(-c2cc([N+](=O)[O-])cc(C#Cc3ccc(Cl)cc3)c2N)c1. The Morgan fingerprint density at radius 2 is 1.96 bits per heavy atom. The molecule has 0 saturated heterocycles. The Kier molecular flexibility index (Phi) is 4.42. The first kappa shape index (κ1) is 16.6. The van der Waals surface area contributed by atoms with Crippen molar-refractivity contribution in [3.63, 3.8) is 0 Å². The second-order valence-corrected chi connectivity index (χ2v) is 5.83. The van der Waals surface area contributed by atoms with Crippen molar-refractivity contribution in [3.8, 4) is 23.1 Å². The zero-order chi connectivity index (χ0) is 18.0. The van der Waals surface area contributed by atoms with Gasteiger partial charge in [0.1, 0.15) is 0 Å². The number of aromatic nitrogens is 2. The first-order valence-corrected chi connectivity index (χ1v) is 7.65. The largest absolute Gasteiger partial charge is 0.397 e. The van der Waals surface area contributed by atoms with Crippen LogP contribution >= 0.6 is 11.6 Å². The van der Waals surface area contributed by atoms with E-state index >= 15 is 0 Å². The number of non-ortho nitro benzene ring substituents is 1.